The van der Waals surface area contributed by atoms with Crippen LogP contribution in [0.25, 0.3) is 10.8 Å². The number of methoxy groups -OCH3 is 1. The number of aliphatic hydroxyl groups excluding tert-OH is 1. The monoisotopic (exact) mass is 273 g/mol. The Hall–Kier alpha value is -1.94. The van der Waals surface area contributed by atoms with E-state index in [9.17, 15) is 9.90 Å². The van der Waals surface area contributed by atoms with Crippen molar-refractivity contribution in [2.75, 3.05) is 7.11 Å². The van der Waals surface area contributed by atoms with Crippen LogP contribution < -0.4 is 0 Å². The van der Waals surface area contributed by atoms with Gasteiger partial charge in [-0.15, -0.1) is 0 Å². The number of esters is 1. The molecule has 1 aromatic heterocycles. The van der Waals surface area contributed by atoms with Gasteiger partial charge in [-0.1, -0.05) is 32.9 Å². The number of ether oxygens (including phenoxy) is 1. The van der Waals surface area contributed by atoms with Crippen LogP contribution in [0.2, 0.25) is 0 Å². The molecule has 0 spiro atoms. The first-order valence-corrected chi connectivity index (χ1v) is 6.48. The van der Waals surface area contributed by atoms with Crippen LogP contribution in [-0.2, 0) is 14.9 Å². The quantitative estimate of drug-likeness (QED) is 0.855. The second-order valence-corrected chi connectivity index (χ2v) is 5.84. The number of carbonyl (C=O) groups excluding carboxylic acids is 1. The largest absolute Gasteiger partial charge is 0.467 e. The van der Waals surface area contributed by atoms with Crippen LogP contribution in [0.3, 0.4) is 0 Å². The SMILES string of the molecule is COC(=O)C(O)c1ccc2c(C(C)(C)C)cncc2c1. The number of benzene rings is 1. The zero-order chi connectivity index (χ0) is 14.9. The van der Waals surface area contributed by atoms with Crippen molar-refractivity contribution < 1.29 is 14.6 Å². The molecular formula is C16H19NO3. The standard InChI is InChI=1S/C16H19NO3/c1-16(2,3)13-9-17-8-11-7-10(5-6-12(11)13)14(18)15(19)20-4/h5-9,14,18H,1-4H3. The number of aliphatic hydroxyl groups is 1. The number of aromatic nitrogens is 1. The molecule has 0 radical (unpaired) electrons. The minimum Gasteiger partial charge on any atom is -0.467 e. The molecule has 20 heavy (non-hydrogen) atoms. The van der Waals surface area contributed by atoms with E-state index in [4.69, 9.17) is 0 Å². The molecule has 1 aromatic carbocycles. The number of carbonyl (C=O) groups is 1. The van der Waals surface area contributed by atoms with Gasteiger partial charge in [-0.3, -0.25) is 4.98 Å². The van der Waals surface area contributed by atoms with Gasteiger partial charge in [0.15, 0.2) is 6.10 Å². The van der Waals surface area contributed by atoms with Gasteiger partial charge >= 0.3 is 5.97 Å². The Kier molecular flexibility index (Phi) is 3.77. The summed E-state index contributed by atoms with van der Waals surface area (Å²) in [6, 6.07) is 5.44. The fourth-order valence-corrected chi connectivity index (χ4v) is 2.21. The van der Waals surface area contributed by atoms with Gasteiger partial charge in [0.2, 0.25) is 0 Å². The highest BCUT2D eigenvalue weighted by Gasteiger charge is 2.20. The summed E-state index contributed by atoms with van der Waals surface area (Å²) in [6.07, 6.45) is 2.33. The molecule has 0 aliphatic heterocycles. The molecule has 4 nitrogen and oxygen atoms in total. The van der Waals surface area contributed by atoms with Crippen molar-refractivity contribution in [2.45, 2.75) is 32.3 Å². The van der Waals surface area contributed by atoms with Crippen LogP contribution in [0.4, 0.5) is 0 Å². The Bertz CT molecular complexity index is 644. The molecule has 0 amide bonds. The Morgan fingerprint density at radius 2 is 2.00 bits per heavy atom. The van der Waals surface area contributed by atoms with Crippen LogP contribution >= 0.6 is 0 Å². The van der Waals surface area contributed by atoms with E-state index in [0.717, 1.165) is 16.3 Å². The second kappa shape index (κ2) is 5.21. The molecule has 0 aliphatic carbocycles. The molecule has 4 heteroatoms. The lowest BCUT2D eigenvalue weighted by Gasteiger charge is -2.21. The highest BCUT2D eigenvalue weighted by Crippen LogP contribution is 2.30. The van der Waals surface area contributed by atoms with Gasteiger partial charge in [-0.25, -0.2) is 4.79 Å². The number of hydrogen-bond donors (Lipinski definition) is 1. The minimum atomic E-state index is -1.26. The topological polar surface area (TPSA) is 59.4 Å². The van der Waals surface area contributed by atoms with Crippen molar-refractivity contribution in [3.63, 3.8) is 0 Å². The zero-order valence-corrected chi connectivity index (χ0v) is 12.2. The average molecular weight is 273 g/mol. The first-order valence-electron chi connectivity index (χ1n) is 6.48. The normalized spacial score (nSPS) is 13.2. The van der Waals surface area contributed by atoms with E-state index in [1.165, 1.54) is 7.11 Å². The van der Waals surface area contributed by atoms with Crippen molar-refractivity contribution in [1.82, 2.24) is 4.98 Å². The molecule has 0 saturated carbocycles. The van der Waals surface area contributed by atoms with Gasteiger partial charge in [0.25, 0.3) is 0 Å². The fraction of sp³-hybridized carbons (Fsp3) is 0.375. The van der Waals surface area contributed by atoms with Crippen molar-refractivity contribution in [3.05, 3.63) is 41.7 Å². The molecule has 1 N–H and O–H groups in total. The Balaban J connectivity index is 2.54. The summed E-state index contributed by atoms with van der Waals surface area (Å²) in [7, 11) is 1.26. The van der Waals surface area contributed by atoms with E-state index in [-0.39, 0.29) is 5.41 Å². The molecule has 2 rings (SSSR count). The molecule has 0 aliphatic rings. The van der Waals surface area contributed by atoms with Gasteiger partial charge in [-0.2, -0.15) is 0 Å². The number of rotatable bonds is 2. The van der Waals surface area contributed by atoms with E-state index in [2.05, 4.69) is 30.5 Å². The van der Waals surface area contributed by atoms with Crippen LogP contribution in [0.1, 0.15) is 38.0 Å². The summed E-state index contributed by atoms with van der Waals surface area (Å²) in [5.41, 5.74) is 1.63. The lowest BCUT2D eigenvalue weighted by molar-refractivity contribution is -0.150. The van der Waals surface area contributed by atoms with E-state index in [1.54, 1.807) is 18.3 Å². The fourth-order valence-electron chi connectivity index (χ4n) is 2.21. The number of fused-ring (bicyclic) bond motifs is 1. The van der Waals surface area contributed by atoms with Crippen molar-refractivity contribution >= 4 is 16.7 Å². The molecule has 0 saturated heterocycles. The minimum absolute atomic E-state index is 0.0189. The first kappa shape index (κ1) is 14.5. The highest BCUT2D eigenvalue weighted by atomic mass is 16.5. The number of pyridine rings is 1. The summed E-state index contributed by atoms with van der Waals surface area (Å²) >= 11 is 0. The lowest BCUT2D eigenvalue weighted by Crippen LogP contribution is -2.14. The molecule has 1 atom stereocenters. The summed E-state index contributed by atoms with van der Waals surface area (Å²) in [5.74, 6) is -0.663. The Morgan fingerprint density at radius 1 is 1.30 bits per heavy atom. The number of hydrogen-bond acceptors (Lipinski definition) is 4. The maximum Gasteiger partial charge on any atom is 0.339 e. The predicted molar refractivity (Wildman–Crippen MR) is 77.4 cm³/mol. The van der Waals surface area contributed by atoms with E-state index in [0.29, 0.717) is 5.56 Å². The third kappa shape index (κ3) is 2.65. The summed E-state index contributed by atoms with van der Waals surface area (Å²) in [4.78, 5) is 15.6. The summed E-state index contributed by atoms with van der Waals surface area (Å²) < 4.78 is 4.55. The van der Waals surface area contributed by atoms with Gasteiger partial charge in [0.05, 0.1) is 7.11 Å². The molecule has 1 unspecified atom stereocenters. The smallest absolute Gasteiger partial charge is 0.339 e. The average Bonchev–Trinajstić information content (AvgIpc) is 2.43. The summed E-state index contributed by atoms with van der Waals surface area (Å²) in [5, 5.41) is 11.9. The third-order valence-electron chi connectivity index (χ3n) is 3.33. The molecule has 1 heterocycles. The van der Waals surface area contributed by atoms with E-state index < -0.39 is 12.1 Å². The maximum atomic E-state index is 11.4. The van der Waals surface area contributed by atoms with Gasteiger partial charge in [0, 0.05) is 17.8 Å². The second-order valence-electron chi connectivity index (χ2n) is 5.84. The van der Waals surface area contributed by atoms with Crippen molar-refractivity contribution in [3.8, 4) is 0 Å². The molecule has 2 aromatic rings. The van der Waals surface area contributed by atoms with Crippen LogP contribution in [0.15, 0.2) is 30.6 Å². The highest BCUT2D eigenvalue weighted by molar-refractivity contribution is 5.87. The van der Waals surface area contributed by atoms with Crippen LogP contribution in [0, 0.1) is 0 Å². The summed E-state index contributed by atoms with van der Waals surface area (Å²) in [6.45, 7) is 6.38. The number of nitrogens with zero attached hydrogens (tertiary/aromatic N) is 1. The Morgan fingerprint density at radius 3 is 2.60 bits per heavy atom. The first-order chi connectivity index (χ1) is 9.34. The molecular weight excluding hydrogens is 254 g/mol. The predicted octanol–water partition coefficient (Wildman–Crippen LogP) is 2.74. The van der Waals surface area contributed by atoms with Crippen molar-refractivity contribution in [2.24, 2.45) is 0 Å². The molecule has 0 fully saturated rings. The van der Waals surface area contributed by atoms with Crippen molar-refractivity contribution in [1.29, 1.82) is 0 Å². The van der Waals surface area contributed by atoms with E-state index >= 15 is 0 Å². The van der Waals surface area contributed by atoms with Crippen LogP contribution in [0.5, 0.6) is 0 Å². The lowest BCUT2D eigenvalue weighted by atomic mass is 9.85. The van der Waals surface area contributed by atoms with E-state index in [1.807, 2.05) is 12.3 Å². The zero-order valence-electron chi connectivity index (χ0n) is 12.2. The maximum absolute atomic E-state index is 11.4. The van der Waals surface area contributed by atoms with Gasteiger partial charge in [-0.05, 0) is 28.0 Å². The molecule has 106 valence electrons. The van der Waals surface area contributed by atoms with Gasteiger partial charge < -0.3 is 9.84 Å². The van der Waals surface area contributed by atoms with Gasteiger partial charge in [0.1, 0.15) is 0 Å². The molecule has 0 bridgehead atoms. The third-order valence-corrected chi connectivity index (χ3v) is 3.33. The Labute approximate surface area is 118 Å². The van der Waals surface area contributed by atoms with Crippen LogP contribution in [-0.4, -0.2) is 23.2 Å².